The summed E-state index contributed by atoms with van der Waals surface area (Å²) >= 11 is 0. The van der Waals surface area contributed by atoms with Crippen molar-refractivity contribution in [3.8, 4) is 0 Å². The van der Waals surface area contributed by atoms with E-state index in [0.29, 0.717) is 22.4 Å². The van der Waals surface area contributed by atoms with Crippen LogP contribution in [0.2, 0.25) is 0 Å². The van der Waals surface area contributed by atoms with Crippen LogP contribution in [0.25, 0.3) is 23.2 Å². The van der Waals surface area contributed by atoms with E-state index in [0.717, 1.165) is 18.2 Å². The zero-order valence-electron chi connectivity index (χ0n) is 14.2. The Morgan fingerprint density at radius 3 is 2.92 bits per heavy atom. The van der Waals surface area contributed by atoms with Crippen molar-refractivity contribution in [3.05, 3.63) is 41.0 Å². The van der Waals surface area contributed by atoms with Gasteiger partial charge in [0, 0.05) is 19.8 Å². The number of carbonyl (C=O) groups is 1. The third-order valence-electron chi connectivity index (χ3n) is 4.52. The van der Waals surface area contributed by atoms with Crippen LogP contribution < -0.4 is 0 Å². The largest absolute Gasteiger partial charge is 0.478 e. The summed E-state index contributed by atoms with van der Waals surface area (Å²) in [4.78, 5) is 16.2. The van der Waals surface area contributed by atoms with Crippen LogP contribution >= 0.6 is 0 Å². The van der Waals surface area contributed by atoms with E-state index in [-0.39, 0.29) is 5.56 Å². The Kier molecular flexibility index (Phi) is 3.63. The van der Waals surface area contributed by atoms with Crippen LogP contribution in [0.1, 0.15) is 40.3 Å². The minimum Gasteiger partial charge on any atom is -0.478 e. The molecule has 0 radical (unpaired) electrons. The number of fused-ring (bicyclic) bond motifs is 1. The van der Waals surface area contributed by atoms with Crippen molar-refractivity contribution < 1.29 is 9.90 Å². The highest BCUT2D eigenvalue weighted by molar-refractivity contribution is 6.03. The van der Waals surface area contributed by atoms with Crippen LogP contribution in [-0.4, -0.2) is 35.6 Å². The lowest BCUT2D eigenvalue weighted by molar-refractivity contribution is 0.0699. The summed E-state index contributed by atoms with van der Waals surface area (Å²) in [5.41, 5.74) is 3.05. The zero-order chi connectivity index (χ0) is 17.6. The predicted molar refractivity (Wildman–Crippen MR) is 94.1 cm³/mol. The van der Waals surface area contributed by atoms with Gasteiger partial charge >= 0.3 is 5.97 Å². The lowest BCUT2D eigenvalue weighted by Gasteiger charge is -2.04. The Labute approximate surface area is 144 Å². The molecule has 1 saturated carbocycles. The maximum Gasteiger partial charge on any atom is 0.336 e. The number of aromatic carboxylic acids is 1. The number of rotatable bonds is 5. The average Bonchev–Trinajstić information content (AvgIpc) is 3.20. The highest BCUT2D eigenvalue weighted by Gasteiger charge is 2.22. The first-order chi connectivity index (χ1) is 12.0. The topological polar surface area (TPSA) is 85.8 Å². The monoisotopic (exact) mass is 337 g/mol. The minimum absolute atomic E-state index is 0.224. The van der Waals surface area contributed by atoms with Crippen molar-refractivity contribution in [2.75, 3.05) is 0 Å². The molecule has 128 valence electrons. The van der Waals surface area contributed by atoms with Crippen LogP contribution in [0, 0.1) is 12.8 Å². The predicted octanol–water partition coefficient (Wildman–Crippen LogP) is 2.75. The molecule has 0 spiro atoms. The number of hydrogen-bond acceptors (Lipinski definition) is 4. The number of nitrogens with zero attached hydrogens (tertiary/aromatic N) is 5. The van der Waals surface area contributed by atoms with E-state index in [1.807, 2.05) is 22.9 Å². The summed E-state index contributed by atoms with van der Waals surface area (Å²) in [6.45, 7) is 2.73. The van der Waals surface area contributed by atoms with E-state index in [2.05, 4.69) is 15.2 Å². The smallest absolute Gasteiger partial charge is 0.336 e. The molecule has 0 bridgehead atoms. The van der Waals surface area contributed by atoms with Gasteiger partial charge in [-0.15, -0.1) is 0 Å². The summed E-state index contributed by atoms with van der Waals surface area (Å²) in [5.74, 6) is -0.241. The molecule has 7 nitrogen and oxygen atoms in total. The van der Waals surface area contributed by atoms with Crippen LogP contribution in [-0.2, 0) is 13.6 Å². The third kappa shape index (κ3) is 2.93. The molecule has 7 heteroatoms. The molecule has 0 unspecified atom stereocenters. The first-order valence-corrected chi connectivity index (χ1v) is 8.30. The van der Waals surface area contributed by atoms with Gasteiger partial charge in [-0.25, -0.2) is 9.78 Å². The second-order valence-electron chi connectivity index (χ2n) is 6.52. The van der Waals surface area contributed by atoms with Crippen LogP contribution in [0.15, 0.2) is 18.3 Å². The minimum atomic E-state index is -0.975. The lowest BCUT2D eigenvalue weighted by Crippen LogP contribution is -2.03. The Morgan fingerprint density at radius 2 is 2.20 bits per heavy atom. The molecule has 3 heterocycles. The second-order valence-corrected chi connectivity index (χ2v) is 6.52. The van der Waals surface area contributed by atoms with Gasteiger partial charge in [-0.2, -0.15) is 10.2 Å². The van der Waals surface area contributed by atoms with Gasteiger partial charge in [0.2, 0.25) is 0 Å². The molecule has 1 fully saturated rings. The number of pyridine rings is 1. The van der Waals surface area contributed by atoms with Crippen LogP contribution in [0.4, 0.5) is 0 Å². The average molecular weight is 337 g/mol. The van der Waals surface area contributed by atoms with E-state index < -0.39 is 5.97 Å². The highest BCUT2D eigenvalue weighted by Crippen LogP contribution is 2.31. The Hall–Kier alpha value is -2.96. The molecule has 1 aliphatic rings. The molecule has 0 aliphatic heterocycles. The van der Waals surface area contributed by atoms with Gasteiger partial charge in [0.05, 0.1) is 28.0 Å². The van der Waals surface area contributed by atoms with Crippen molar-refractivity contribution in [2.24, 2.45) is 13.0 Å². The summed E-state index contributed by atoms with van der Waals surface area (Å²) < 4.78 is 3.60. The molecule has 0 aromatic carbocycles. The molecule has 0 amide bonds. The Morgan fingerprint density at radius 1 is 1.40 bits per heavy atom. The van der Waals surface area contributed by atoms with Crippen LogP contribution in [0.5, 0.6) is 0 Å². The number of aromatic nitrogens is 5. The molecule has 1 N–H and O–H groups in total. The number of aryl methyl sites for hydroxylation is 2. The van der Waals surface area contributed by atoms with Gasteiger partial charge in [0.15, 0.2) is 5.65 Å². The van der Waals surface area contributed by atoms with E-state index in [1.54, 1.807) is 30.9 Å². The zero-order valence-corrected chi connectivity index (χ0v) is 14.2. The van der Waals surface area contributed by atoms with Gasteiger partial charge < -0.3 is 5.11 Å². The molecule has 25 heavy (non-hydrogen) atoms. The highest BCUT2D eigenvalue weighted by atomic mass is 16.4. The van der Waals surface area contributed by atoms with E-state index in [4.69, 9.17) is 0 Å². The summed E-state index contributed by atoms with van der Waals surface area (Å²) in [7, 11) is 1.77. The first kappa shape index (κ1) is 15.6. The molecular weight excluding hydrogens is 318 g/mol. The number of hydrogen-bond donors (Lipinski definition) is 1. The molecular formula is C18H19N5O2. The van der Waals surface area contributed by atoms with Gasteiger partial charge in [-0.1, -0.05) is 0 Å². The van der Waals surface area contributed by atoms with Crippen molar-refractivity contribution in [1.29, 1.82) is 0 Å². The number of carboxylic acids is 1. The fourth-order valence-corrected chi connectivity index (χ4v) is 3.07. The van der Waals surface area contributed by atoms with Crippen LogP contribution in [0.3, 0.4) is 0 Å². The van der Waals surface area contributed by atoms with E-state index in [1.165, 1.54) is 12.8 Å². The maximum atomic E-state index is 11.6. The van der Waals surface area contributed by atoms with Gasteiger partial charge in [-0.3, -0.25) is 9.36 Å². The SMILES string of the molecule is Cc1nn(C)c2nc(/C=C/c3ccnn3CC3CC3)cc(C(=O)O)c12. The lowest BCUT2D eigenvalue weighted by atomic mass is 10.1. The van der Waals surface area contributed by atoms with E-state index >= 15 is 0 Å². The van der Waals surface area contributed by atoms with E-state index in [9.17, 15) is 9.90 Å². The van der Waals surface area contributed by atoms with Crippen molar-refractivity contribution >= 4 is 29.2 Å². The Balaban J connectivity index is 1.73. The third-order valence-corrected chi connectivity index (χ3v) is 4.52. The number of carboxylic acid groups (broad SMARTS) is 1. The standard InChI is InChI=1S/C18H19N5O2/c1-11-16-15(18(24)25)9-13(20-17(16)22(2)21-11)5-6-14-7-8-19-23(14)10-12-3-4-12/h5-9,12H,3-4,10H2,1-2H3,(H,24,25)/b6-5+. The fourth-order valence-electron chi connectivity index (χ4n) is 3.07. The van der Waals surface area contributed by atoms with Gasteiger partial charge in [0.25, 0.3) is 0 Å². The van der Waals surface area contributed by atoms with Crippen molar-refractivity contribution in [2.45, 2.75) is 26.3 Å². The first-order valence-electron chi connectivity index (χ1n) is 8.30. The summed E-state index contributed by atoms with van der Waals surface area (Å²) in [6, 6.07) is 3.54. The summed E-state index contributed by atoms with van der Waals surface area (Å²) in [5, 5.41) is 18.8. The molecule has 4 rings (SSSR count). The molecule has 3 aromatic heterocycles. The fraction of sp³-hybridized carbons (Fsp3) is 0.333. The Bertz CT molecular complexity index is 994. The normalized spacial score (nSPS) is 14.6. The van der Waals surface area contributed by atoms with Gasteiger partial charge in [-0.05, 0) is 50.0 Å². The van der Waals surface area contributed by atoms with Crippen molar-refractivity contribution in [1.82, 2.24) is 24.5 Å². The van der Waals surface area contributed by atoms with Gasteiger partial charge in [0.1, 0.15) is 0 Å². The molecule has 1 aliphatic carbocycles. The summed E-state index contributed by atoms with van der Waals surface area (Å²) in [6.07, 6.45) is 8.07. The molecule has 0 saturated heterocycles. The van der Waals surface area contributed by atoms with Crippen molar-refractivity contribution in [3.63, 3.8) is 0 Å². The molecule has 3 aromatic rings. The molecule has 0 atom stereocenters. The quantitative estimate of drug-likeness (QED) is 0.774. The maximum absolute atomic E-state index is 11.6. The second kappa shape index (κ2) is 5.84.